The van der Waals surface area contributed by atoms with Gasteiger partial charge in [-0.2, -0.15) is 0 Å². The standard InChI is InChI=1S/C14H13BrN2O4/c1-8-5-11(15)6-12(17(19)20)14(8)21-13-4-3-10(7-16-13)9(2)18/h3-7,9,18H,1-2H3. The van der Waals surface area contributed by atoms with Crippen LogP contribution >= 0.6 is 15.9 Å². The molecule has 0 saturated carbocycles. The van der Waals surface area contributed by atoms with Gasteiger partial charge >= 0.3 is 5.69 Å². The Kier molecular flexibility index (Phi) is 4.54. The zero-order chi connectivity index (χ0) is 15.6. The second-order valence-electron chi connectivity index (χ2n) is 4.54. The number of nitro benzene ring substituents is 1. The van der Waals surface area contributed by atoms with E-state index < -0.39 is 11.0 Å². The van der Waals surface area contributed by atoms with Crippen molar-refractivity contribution in [2.24, 2.45) is 0 Å². The molecule has 0 saturated heterocycles. The number of aliphatic hydroxyl groups is 1. The first-order valence-electron chi connectivity index (χ1n) is 6.15. The lowest BCUT2D eigenvalue weighted by molar-refractivity contribution is -0.385. The van der Waals surface area contributed by atoms with Gasteiger partial charge in [-0.15, -0.1) is 0 Å². The maximum Gasteiger partial charge on any atom is 0.313 e. The number of rotatable bonds is 4. The first-order chi connectivity index (χ1) is 9.88. The van der Waals surface area contributed by atoms with Crippen molar-refractivity contribution in [3.8, 4) is 11.6 Å². The van der Waals surface area contributed by atoms with E-state index >= 15 is 0 Å². The molecule has 1 unspecified atom stereocenters. The van der Waals surface area contributed by atoms with Gasteiger partial charge in [0.2, 0.25) is 11.6 Å². The molecule has 0 aliphatic carbocycles. The van der Waals surface area contributed by atoms with Gasteiger partial charge in [-0.25, -0.2) is 4.98 Å². The van der Waals surface area contributed by atoms with Crippen molar-refractivity contribution in [3.63, 3.8) is 0 Å². The van der Waals surface area contributed by atoms with Crippen molar-refractivity contribution in [2.45, 2.75) is 20.0 Å². The van der Waals surface area contributed by atoms with Gasteiger partial charge in [0.05, 0.1) is 11.0 Å². The van der Waals surface area contributed by atoms with Crippen LogP contribution in [0.1, 0.15) is 24.2 Å². The minimum atomic E-state index is -0.629. The monoisotopic (exact) mass is 352 g/mol. The summed E-state index contributed by atoms with van der Waals surface area (Å²) in [5.74, 6) is 0.383. The van der Waals surface area contributed by atoms with E-state index in [4.69, 9.17) is 4.74 Å². The van der Waals surface area contributed by atoms with Gasteiger partial charge < -0.3 is 9.84 Å². The summed E-state index contributed by atoms with van der Waals surface area (Å²) < 4.78 is 6.14. The van der Waals surface area contributed by atoms with Crippen LogP contribution in [0.5, 0.6) is 11.6 Å². The third-order valence-electron chi connectivity index (χ3n) is 2.86. The van der Waals surface area contributed by atoms with Gasteiger partial charge in [0.1, 0.15) is 0 Å². The van der Waals surface area contributed by atoms with Gasteiger partial charge in [0.25, 0.3) is 0 Å². The number of hydrogen-bond acceptors (Lipinski definition) is 5. The molecule has 0 fully saturated rings. The van der Waals surface area contributed by atoms with Crippen LogP contribution in [-0.4, -0.2) is 15.0 Å². The lowest BCUT2D eigenvalue weighted by atomic mass is 10.2. The number of halogens is 1. The Morgan fingerprint density at radius 1 is 1.43 bits per heavy atom. The summed E-state index contributed by atoms with van der Waals surface area (Å²) in [6, 6.07) is 6.33. The molecule has 1 N–H and O–H groups in total. The molecule has 6 nitrogen and oxygen atoms in total. The van der Waals surface area contributed by atoms with E-state index in [0.29, 0.717) is 15.6 Å². The van der Waals surface area contributed by atoms with Gasteiger partial charge in [0, 0.05) is 28.4 Å². The molecule has 0 aliphatic heterocycles. The number of nitro groups is 1. The molecule has 1 heterocycles. The second-order valence-corrected chi connectivity index (χ2v) is 5.45. The van der Waals surface area contributed by atoms with E-state index in [1.165, 1.54) is 12.3 Å². The van der Waals surface area contributed by atoms with Crippen LogP contribution in [0.2, 0.25) is 0 Å². The van der Waals surface area contributed by atoms with Crippen LogP contribution in [0.15, 0.2) is 34.9 Å². The highest BCUT2D eigenvalue weighted by atomic mass is 79.9. The third kappa shape index (κ3) is 3.56. The van der Waals surface area contributed by atoms with Crippen LogP contribution in [0.3, 0.4) is 0 Å². The number of aryl methyl sites for hydroxylation is 1. The third-order valence-corrected chi connectivity index (χ3v) is 3.32. The fourth-order valence-corrected chi connectivity index (χ4v) is 2.34. The molecule has 1 aromatic carbocycles. The smallest absolute Gasteiger partial charge is 0.313 e. The predicted molar refractivity (Wildman–Crippen MR) is 80.5 cm³/mol. The number of ether oxygens (including phenoxy) is 1. The summed E-state index contributed by atoms with van der Waals surface area (Å²) in [6.45, 7) is 3.35. The summed E-state index contributed by atoms with van der Waals surface area (Å²) in [6.07, 6.45) is 0.843. The highest BCUT2D eigenvalue weighted by Gasteiger charge is 2.20. The van der Waals surface area contributed by atoms with E-state index in [0.717, 1.165) is 0 Å². The Morgan fingerprint density at radius 3 is 2.67 bits per heavy atom. The highest BCUT2D eigenvalue weighted by molar-refractivity contribution is 9.10. The van der Waals surface area contributed by atoms with Crippen LogP contribution in [0, 0.1) is 17.0 Å². The van der Waals surface area contributed by atoms with E-state index in [9.17, 15) is 15.2 Å². The van der Waals surface area contributed by atoms with Crippen molar-refractivity contribution in [1.82, 2.24) is 4.98 Å². The van der Waals surface area contributed by atoms with Gasteiger partial charge in [-0.1, -0.05) is 15.9 Å². The lowest BCUT2D eigenvalue weighted by Gasteiger charge is -2.10. The number of nitrogens with zero attached hydrogens (tertiary/aromatic N) is 2. The number of benzene rings is 1. The largest absolute Gasteiger partial charge is 0.432 e. The first kappa shape index (κ1) is 15.4. The minimum absolute atomic E-state index is 0.136. The lowest BCUT2D eigenvalue weighted by Crippen LogP contribution is -1.98. The van der Waals surface area contributed by atoms with Crippen molar-refractivity contribution >= 4 is 21.6 Å². The molecule has 1 aromatic heterocycles. The van der Waals surface area contributed by atoms with Crippen molar-refractivity contribution in [2.75, 3.05) is 0 Å². The highest BCUT2D eigenvalue weighted by Crippen LogP contribution is 2.36. The van der Waals surface area contributed by atoms with Crippen LogP contribution in [0.25, 0.3) is 0 Å². The molecule has 1 atom stereocenters. The van der Waals surface area contributed by atoms with E-state index in [-0.39, 0.29) is 17.3 Å². The fourth-order valence-electron chi connectivity index (χ4n) is 1.78. The Morgan fingerprint density at radius 2 is 2.14 bits per heavy atom. The number of pyridine rings is 1. The molecule has 7 heteroatoms. The second kappa shape index (κ2) is 6.19. The number of hydrogen-bond donors (Lipinski definition) is 1. The molecule has 21 heavy (non-hydrogen) atoms. The van der Waals surface area contributed by atoms with E-state index in [1.54, 1.807) is 32.0 Å². The topological polar surface area (TPSA) is 85.5 Å². The molecule has 110 valence electrons. The summed E-state index contributed by atoms with van der Waals surface area (Å²) in [7, 11) is 0. The molecular weight excluding hydrogens is 340 g/mol. The number of aromatic nitrogens is 1. The number of aliphatic hydroxyl groups excluding tert-OH is 1. The maximum atomic E-state index is 11.1. The Bertz CT molecular complexity index is 671. The van der Waals surface area contributed by atoms with Gasteiger partial charge in [-0.05, 0) is 31.5 Å². The van der Waals surface area contributed by atoms with Crippen molar-refractivity contribution in [3.05, 3.63) is 56.2 Å². The van der Waals surface area contributed by atoms with Gasteiger partial charge in [-0.3, -0.25) is 10.1 Å². The summed E-state index contributed by atoms with van der Waals surface area (Å²) in [5.41, 5.74) is 1.13. The molecule has 0 aliphatic rings. The normalized spacial score (nSPS) is 12.0. The van der Waals surface area contributed by atoms with Crippen LogP contribution in [0.4, 0.5) is 5.69 Å². The molecular formula is C14H13BrN2O4. The maximum absolute atomic E-state index is 11.1. The summed E-state index contributed by atoms with van der Waals surface area (Å²) >= 11 is 3.22. The minimum Gasteiger partial charge on any atom is -0.432 e. The summed E-state index contributed by atoms with van der Waals surface area (Å²) in [4.78, 5) is 14.7. The Hall–Kier alpha value is -1.99. The average molecular weight is 353 g/mol. The molecule has 0 amide bonds. The molecule has 2 aromatic rings. The zero-order valence-electron chi connectivity index (χ0n) is 11.4. The van der Waals surface area contributed by atoms with Crippen LogP contribution in [-0.2, 0) is 0 Å². The average Bonchev–Trinajstić information content (AvgIpc) is 2.41. The van der Waals surface area contributed by atoms with Crippen molar-refractivity contribution in [1.29, 1.82) is 0 Å². The Labute approximate surface area is 129 Å². The summed E-state index contributed by atoms with van der Waals surface area (Å²) in [5, 5.41) is 20.5. The van der Waals surface area contributed by atoms with Crippen LogP contribution < -0.4 is 4.74 Å². The predicted octanol–water partition coefficient (Wildman–Crippen LogP) is 3.91. The van der Waals surface area contributed by atoms with E-state index in [2.05, 4.69) is 20.9 Å². The van der Waals surface area contributed by atoms with Gasteiger partial charge in [0.15, 0.2) is 0 Å². The fraction of sp³-hybridized carbons (Fsp3) is 0.214. The molecule has 0 spiro atoms. The SMILES string of the molecule is Cc1cc(Br)cc([N+](=O)[O-])c1Oc1ccc(C(C)O)cn1. The molecule has 2 rings (SSSR count). The molecule has 0 bridgehead atoms. The molecule has 0 radical (unpaired) electrons. The Balaban J connectivity index is 2.37. The zero-order valence-corrected chi connectivity index (χ0v) is 13.0. The van der Waals surface area contributed by atoms with E-state index in [1.807, 2.05) is 0 Å². The quantitative estimate of drug-likeness (QED) is 0.665. The first-order valence-corrected chi connectivity index (χ1v) is 6.94. The van der Waals surface area contributed by atoms with Crippen molar-refractivity contribution < 1.29 is 14.8 Å².